The third-order valence-corrected chi connectivity index (χ3v) is 4.15. The molecule has 0 aromatic heterocycles. The summed E-state index contributed by atoms with van der Waals surface area (Å²) in [7, 11) is 0. The molecule has 0 aliphatic rings. The van der Waals surface area contributed by atoms with Gasteiger partial charge in [0, 0.05) is 16.9 Å². The van der Waals surface area contributed by atoms with Crippen molar-refractivity contribution in [1.29, 1.82) is 0 Å². The number of carbonyl (C=O) groups is 2. The molecule has 0 bridgehead atoms. The number of carbonyl (C=O) groups excluding carboxylic acids is 2. The largest absolute Gasteiger partial charge is 0.322 e. The van der Waals surface area contributed by atoms with Crippen LogP contribution in [0.1, 0.15) is 31.8 Å². The fourth-order valence-electron chi connectivity index (χ4n) is 2.70. The Kier molecular flexibility index (Phi) is 5.31. The van der Waals surface area contributed by atoms with Crippen molar-refractivity contribution in [2.24, 2.45) is 0 Å². The van der Waals surface area contributed by atoms with Gasteiger partial charge in [-0.1, -0.05) is 29.8 Å². The highest BCUT2D eigenvalue weighted by Gasteiger charge is 2.12. The number of rotatable bonds is 4. The van der Waals surface area contributed by atoms with Crippen LogP contribution < -0.4 is 10.6 Å². The molecule has 0 saturated carbocycles. The summed E-state index contributed by atoms with van der Waals surface area (Å²) in [6, 6.07) is 18.0. The third kappa shape index (κ3) is 4.39. The highest BCUT2D eigenvalue weighted by molar-refractivity contribution is 6.06. The quantitative estimate of drug-likeness (QED) is 0.690. The van der Waals surface area contributed by atoms with Crippen LogP contribution in [0.5, 0.6) is 0 Å². The molecule has 3 aromatic carbocycles. The maximum absolute atomic E-state index is 13.7. The lowest BCUT2D eigenvalue weighted by molar-refractivity contribution is 0.101. The Morgan fingerprint density at radius 1 is 0.815 bits per heavy atom. The van der Waals surface area contributed by atoms with E-state index in [-0.39, 0.29) is 11.5 Å². The van der Waals surface area contributed by atoms with E-state index in [9.17, 15) is 14.0 Å². The van der Waals surface area contributed by atoms with E-state index in [2.05, 4.69) is 10.6 Å². The maximum Gasteiger partial charge on any atom is 0.258 e. The van der Waals surface area contributed by atoms with Gasteiger partial charge in [0.1, 0.15) is 5.82 Å². The molecule has 2 N–H and O–H groups in total. The van der Waals surface area contributed by atoms with Crippen molar-refractivity contribution in [2.45, 2.75) is 13.8 Å². The lowest BCUT2D eigenvalue weighted by Gasteiger charge is -2.10. The summed E-state index contributed by atoms with van der Waals surface area (Å²) < 4.78 is 13.7. The number of amides is 2. The molecule has 0 unspecified atom stereocenters. The molecule has 4 nitrogen and oxygen atoms in total. The van der Waals surface area contributed by atoms with Gasteiger partial charge in [-0.15, -0.1) is 0 Å². The molecule has 0 spiro atoms. The Hall–Kier alpha value is -3.47. The van der Waals surface area contributed by atoms with Gasteiger partial charge in [-0.3, -0.25) is 9.59 Å². The standard InChI is InChI=1S/C22H19FN2O2/c1-14-7-12-20(15(2)13-14)25-21(26)16-8-10-17(11-9-16)24-22(27)18-5-3-4-6-19(18)23/h3-13H,1-2H3,(H,24,27)(H,25,26). The molecule has 27 heavy (non-hydrogen) atoms. The molecule has 0 radical (unpaired) electrons. The van der Waals surface area contributed by atoms with Crippen molar-refractivity contribution >= 4 is 23.2 Å². The Balaban J connectivity index is 1.68. The summed E-state index contributed by atoms with van der Waals surface area (Å²) in [4.78, 5) is 24.5. The van der Waals surface area contributed by atoms with Gasteiger partial charge in [0.05, 0.1) is 5.56 Å². The molecular weight excluding hydrogens is 343 g/mol. The molecule has 5 heteroatoms. The van der Waals surface area contributed by atoms with Crippen molar-refractivity contribution in [2.75, 3.05) is 10.6 Å². The fourth-order valence-corrected chi connectivity index (χ4v) is 2.70. The van der Waals surface area contributed by atoms with Gasteiger partial charge in [0.15, 0.2) is 0 Å². The fraction of sp³-hybridized carbons (Fsp3) is 0.0909. The van der Waals surface area contributed by atoms with E-state index in [1.54, 1.807) is 30.3 Å². The molecule has 0 aliphatic heterocycles. The second-order valence-electron chi connectivity index (χ2n) is 6.28. The minimum absolute atomic E-state index is 0.0332. The number of anilines is 2. The highest BCUT2D eigenvalue weighted by atomic mass is 19.1. The molecule has 0 saturated heterocycles. The SMILES string of the molecule is Cc1ccc(NC(=O)c2ccc(NC(=O)c3ccccc3F)cc2)c(C)c1. The van der Waals surface area contributed by atoms with Crippen LogP contribution in [0.3, 0.4) is 0 Å². The van der Waals surface area contributed by atoms with Gasteiger partial charge >= 0.3 is 0 Å². The van der Waals surface area contributed by atoms with E-state index >= 15 is 0 Å². The highest BCUT2D eigenvalue weighted by Crippen LogP contribution is 2.18. The zero-order chi connectivity index (χ0) is 19.4. The first kappa shape index (κ1) is 18.3. The molecule has 0 heterocycles. The van der Waals surface area contributed by atoms with Crippen LogP contribution in [-0.2, 0) is 0 Å². The average molecular weight is 362 g/mol. The van der Waals surface area contributed by atoms with Crippen molar-refractivity contribution < 1.29 is 14.0 Å². The Labute approximate surface area is 157 Å². The normalized spacial score (nSPS) is 10.3. The van der Waals surface area contributed by atoms with E-state index in [1.807, 2.05) is 32.0 Å². The Bertz CT molecular complexity index is 997. The minimum Gasteiger partial charge on any atom is -0.322 e. The van der Waals surface area contributed by atoms with Gasteiger partial charge in [-0.05, 0) is 61.9 Å². The lowest BCUT2D eigenvalue weighted by Crippen LogP contribution is -2.15. The van der Waals surface area contributed by atoms with Crippen LogP contribution in [0.15, 0.2) is 66.7 Å². The monoisotopic (exact) mass is 362 g/mol. The average Bonchev–Trinajstić information content (AvgIpc) is 2.65. The predicted molar refractivity (Wildman–Crippen MR) is 105 cm³/mol. The summed E-state index contributed by atoms with van der Waals surface area (Å²) in [6.45, 7) is 3.93. The second kappa shape index (κ2) is 7.83. The molecule has 2 amide bonds. The van der Waals surface area contributed by atoms with E-state index < -0.39 is 11.7 Å². The topological polar surface area (TPSA) is 58.2 Å². The molecule has 0 aliphatic carbocycles. The van der Waals surface area contributed by atoms with Crippen LogP contribution in [0.2, 0.25) is 0 Å². The van der Waals surface area contributed by atoms with Crippen molar-refractivity contribution in [1.82, 2.24) is 0 Å². The van der Waals surface area contributed by atoms with E-state index in [1.165, 1.54) is 18.2 Å². The van der Waals surface area contributed by atoms with Crippen molar-refractivity contribution in [3.8, 4) is 0 Å². The predicted octanol–water partition coefficient (Wildman–Crippen LogP) is 4.95. The molecule has 3 aromatic rings. The molecular formula is C22H19FN2O2. The summed E-state index contributed by atoms with van der Waals surface area (Å²) in [5.41, 5.74) is 3.76. The second-order valence-corrected chi connectivity index (χ2v) is 6.28. The van der Waals surface area contributed by atoms with Crippen LogP contribution in [-0.4, -0.2) is 11.8 Å². The van der Waals surface area contributed by atoms with Crippen LogP contribution in [0, 0.1) is 19.7 Å². The first-order chi connectivity index (χ1) is 12.9. The van der Waals surface area contributed by atoms with Gasteiger partial charge in [-0.25, -0.2) is 4.39 Å². The molecule has 136 valence electrons. The zero-order valence-electron chi connectivity index (χ0n) is 15.0. The first-order valence-electron chi connectivity index (χ1n) is 8.48. The zero-order valence-corrected chi connectivity index (χ0v) is 15.0. The summed E-state index contributed by atoms with van der Waals surface area (Å²) >= 11 is 0. The van der Waals surface area contributed by atoms with E-state index in [0.29, 0.717) is 11.3 Å². The Morgan fingerprint density at radius 2 is 1.52 bits per heavy atom. The molecule has 0 atom stereocenters. The number of benzene rings is 3. The van der Waals surface area contributed by atoms with Crippen LogP contribution in [0.4, 0.5) is 15.8 Å². The summed E-state index contributed by atoms with van der Waals surface area (Å²) in [5, 5.41) is 5.49. The van der Waals surface area contributed by atoms with E-state index in [0.717, 1.165) is 16.8 Å². The van der Waals surface area contributed by atoms with Crippen molar-refractivity contribution in [3.05, 3.63) is 94.8 Å². The number of hydrogen-bond acceptors (Lipinski definition) is 2. The third-order valence-electron chi connectivity index (χ3n) is 4.15. The number of hydrogen-bond donors (Lipinski definition) is 2. The maximum atomic E-state index is 13.7. The van der Waals surface area contributed by atoms with Crippen LogP contribution >= 0.6 is 0 Å². The number of aryl methyl sites for hydroxylation is 2. The Morgan fingerprint density at radius 3 is 2.19 bits per heavy atom. The van der Waals surface area contributed by atoms with Gasteiger partial charge in [0.2, 0.25) is 0 Å². The van der Waals surface area contributed by atoms with Crippen molar-refractivity contribution in [3.63, 3.8) is 0 Å². The van der Waals surface area contributed by atoms with Crippen LogP contribution in [0.25, 0.3) is 0 Å². The summed E-state index contributed by atoms with van der Waals surface area (Å²) in [5.74, 6) is -1.37. The lowest BCUT2D eigenvalue weighted by atomic mass is 10.1. The van der Waals surface area contributed by atoms with Gasteiger partial charge < -0.3 is 10.6 Å². The molecule has 3 rings (SSSR count). The summed E-state index contributed by atoms with van der Waals surface area (Å²) in [6.07, 6.45) is 0. The smallest absolute Gasteiger partial charge is 0.258 e. The molecule has 0 fully saturated rings. The first-order valence-corrected chi connectivity index (χ1v) is 8.48. The van der Waals surface area contributed by atoms with E-state index in [4.69, 9.17) is 0 Å². The minimum atomic E-state index is -0.584. The van der Waals surface area contributed by atoms with Gasteiger partial charge in [0.25, 0.3) is 11.8 Å². The van der Waals surface area contributed by atoms with Gasteiger partial charge in [-0.2, -0.15) is 0 Å². The number of nitrogens with one attached hydrogen (secondary N) is 2. The number of halogens is 1.